The fraction of sp³-hybridized carbons (Fsp3) is 0.808. The Morgan fingerprint density at radius 1 is 1.04 bits per heavy atom. The highest BCUT2D eigenvalue weighted by Crippen LogP contribution is 2.66. The monoisotopic (exact) mass is 381 g/mol. The maximum atomic E-state index is 12.7. The molecule has 0 amide bonds. The van der Waals surface area contributed by atoms with Gasteiger partial charge in [-0.15, -0.1) is 0 Å². The summed E-state index contributed by atoms with van der Waals surface area (Å²) >= 11 is 0. The van der Waals surface area contributed by atoms with E-state index < -0.39 is 0 Å². The number of hydrogen-bond acceptors (Lipinski definition) is 2. The number of allylic oxidation sites excluding steroid dienone is 2. The van der Waals surface area contributed by atoms with E-state index in [4.69, 9.17) is 0 Å². The number of Topliss-reactive ketones (excluding diaryl/α,β-unsaturated/α-hetero) is 1. The summed E-state index contributed by atoms with van der Waals surface area (Å²) in [5.74, 6) is 4.84. The second-order valence-corrected chi connectivity index (χ2v) is 11.4. The number of carbonyl (C=O) groups is 1. The zero-order valence-corrected chi connectivity index (χ0v) is 18.0. The molecule has 4 saturated carbocycles. The van der Waals surface area contributed by atoms with Gasteiger partial charge in [0.05, 0.1) is 0 Å². The Labute approximate surface area is 171 Å². The Morgan fingerprint density at radius 2 is 1.86 bits per heavy atom. The third kappa shape index (κ3) is 2.81. The predicted molar refractivity (Wildman–Crippen MR) is 115 cm³/mol. The van der Waals surface area contributed by atoms with Gasteiger partial charge in [0.25, 0.3) is 0 Å². The van der Waals surface area contributed by atoms with Gasteiger partial charge in [0.1, 0.15) is 5.78 Å². The molecule has 0 bridgehead atoms. The van der Waals surface area contributed by atoms with Gasteiger partial charge in [0.15, 0.2) is 0 Å². The number of fused-ring (bicyclic) bond motifs is 5. The highest BCUT2D eigenvalue weighted by molar-refractivity contribution is 5.87. The standard InChI is InChI=1S/C26H39NO/c1-17-14-20-15-18(4-5-19-10-13-27-16-19)8-11-25(20,2)22-9-12-26(3)21(24(17)22)6-7-23(26)28/h4-5,18-22,24,27H,1,6-16H2,2-3H3/b5-4-/t18-,19+,20?,21+,22+,24+,25+,26+/m1/s1. The Kier molecular flexibility index (Phi) is 4.66. The first-order valence-electron chi connectivity index (χ1n) is 12.0. The van der Waals surface area contributed by atoms with Crippen LogP contribution < -0.4 is 5.32 Å². The average molecular weight is 382 g/mol. The number of nitrogens with one attached hydrogen (secondary N) is 1. The Balaban J connectivity index is 1.34. The lowest BCUT2D eigenvalue weighted by Crippen LogP contribution is -2.54. The van der Waals surface area contributed by atoms with Crippen molar-refractivity contribution in [3.8, 4) is 0 Å². The van der Waals surface area contributed by atoms with E-state index >= 15 is 0 Å². The van der Waals surface area contributed by atoms with Gasteiger partial charge in [-0.1, -0.05) is 38.2 Å². The maximum absolute atomic E-state index is 12.7. The van der Waals surface area contributed by atoms with E-state index in [9.17, 15) is 4.79 Å². The van der Waals surface area contributed by atoms with Crippen molar-refractivity contribution < 1.29 is 4.79 Å². The minimum atomic E-state index is -0.0391. The molecule has 0 aromatic carbocycles. The minimum absolute atomic E-state index is 0.0391. The first-order chi connectivity index (χ1) is 13.4. The highest BCUT2D eigenvalue weighted by atomic mass is 16.1. The summed E-state index contributed by atoms with van der Waals surface area (Å²) in [6.07, 6.45) is 16.0. The fourth-order valence-electron chi connectivity index (χ4n) is 8.26. The second-order valence-electron chi connectivity index (χ2n) is 11.4. The van der Waals surface area contributed by atoms with Crippen LogP contribution in [0.15, 0.2) is 24.3 Å². The van der Waals surface area contributed by atoms with Gasteiger partial charge < -0.3 is 5.32 Å². The van der Waals surface area contributed by atoms with Crippen LogP contribution in [0.25, 0.3) is 0 Å². The molecule has 0 aromatic rings. The zero-order valence-electron chi connectivity index (χ0n) is 18.0. The molecule has 4 aliphatic carbocycles. The Bertz CT molecular complexity index is 689. The van der Waals surface area contributed by atoms with Gasteiger partial charge in [-0.05, 0) is 98.8 Å². The third-order valence-electron chi connectivity index (χ3n) is 10.1. The second kappa shape index (κ2) is 6.83. The van der Waals surface area contributed by atoms with Crippen molar-refractivity contribution in [2.45, 2.75) is 71.6 Å². The van der Waals surface area contributed by atoms with E-state index in [0.717, 1.165) is 42.9 Å². The summed E-state index contributed by atoms with van der Waals surface area (Å²) in [5, 5.41) is 3.49. The molecule has 28 heavy (non-hydrogen) atoms. The molecule has 2 heteroatoms. The van der Waals surface area contributed by atoms with E-state index in [1.54, 1.807) is 0 Å². The number of hydrogen-bond donors (Lipinski definition) is 1. The minimum Gasteiger partial charge on any atom is -0.316 e. The van der Waals surface area contributed by atoms with E-state index in [0.29, 0.717) is 23.0 Å². The average Bonchev–Trinajstić information content (AvgIpc) is 3.29. The molecule has 0 spiro atoms. The Morgan fingerprint density at radius 3 is 2.64 bits per heavy atom. The smallest absolute Gasteiger partial charge is 0.139 e. The summed E-state index contributed by atoms with van der Waals surface area (Å²) in [6.45, 7) is 11.9. The van der Waals surface area contributed by atoms with Gasteiger partial charge >= 0.3 is 0 Å². The first-order valence-corrected chi connectivity index (χ1v) is 12.0. The maximum Gasteiger partial charge on any atom is 0.139 e. The van der Waals surface area contributed by atoms with E-state index in [1.807, 2.05) is 0 Å². The molecule has 1 aliphatic heterocycles. The highest BCUT2D eigenvalue weighted by Gasteiger charge is 2.61. The molecule has 0 radical (unpaired) electrons. The quantitative estimate of drug-likeness (QED) is 0.636. The van der Waals surface area contributed by atoms with Gasteiger partial charge in [-0.25, -0.2) is 0 Å². The molecule has 154 valence electrons. The summed E-state index contributed by atoms with van der Waals surface area (Å²) in [5.41, 5.74) is 1.93. The molecule has 8 atom stereocenters. The number of carbonyl (C=O) groups excluding carboxylic acids is 1. The molecule has 1 saturated heterocycles. The van der Waals surface area contributed by atoms with Crippen LogP contribution in [0.2, 0.25) is 0 Å². The predicted octanol–water partition coefficient (Wildman–Crippen LogP) is 5.55. The van der Waals surface area contributed by atoms with Crippen LogP contribution >= 0.6 is 0 Å². The van der Waals surface area contributed by atoms with Crippen molar-refractivity contribution in [2.24, 2.45) is 46.3 Å². The number of rotatable bonds is 2. The zero-order chi connectivity index (χ0) is 19.5. The van der Waals surface area contributed by atoms with Crippen LogP contribution in [0.1, 0.15) is 71.6 Å². The molecule has 1 unspecified atom stereocenters. The topological polar surface area (TPSA) is 29.1 Å². The molecule has 1 heterocycles. The van der Waals surface area contributed by atoms with E-state index in [2.05, 4.69) is 37.9 Å². The van der Waals surface area contributed by atoms with Crippen LogP contribution in [0.5, 0.6) is 0 Å². The molecule has 0 aromatic heterocycles. The van der Waals surface area contributed by atoms with E-state index in [1.165, 1.54) is 57.2 Å². The van der Waals surface area contributed by atoms with Crippen molar-refractivity contribution in [3.05, 3.63) is 24.3 Å². The lowest BCUT2D eigenvalue weighted by molar-refractivity contribution is -0.134. The molecule has 5 aliphatic rings. The molecular formula is C26H39NO. The van der Waals surface area contributed by atoms with Gasteiger partial charge in [-0.3, -0.25) is 4.79 Å². The van der Waals surface area contributed by atoms with Gasteiger partial charge in [-0.2, -0.15) is 0 Å². The van der Waals surface area contributed by atoms with Gasteiger partial charge in [0, 0.05) is 18.4 Å². The summed E-state index contributed by atoms with van der Waals surface area (Å²) in [6, 6.07) is 0. The summed E-state index contributed by atoms with van der Waals surface area (Å²) < 4.78 is 0. The van der Waals surface area contributed by atoms with Crippen LogP contribution in [0.4, 0.5) is 0 Å². The lowest BCUT2D eigenvalue weighted by Gasteiger charge is -2.61. The van der Waals surface area contributed by atoms with Crippen LogP contribution in [-0.2, 0) is 4.79 Å². The molecule has 5 fully saturated rings. The van der Waals surface area contributed by atoms with E-state index in [-0.39, 0.29) is 5.41 Å². The third-order valence-corrected chi connectivity index (χ3v) is 10.1. The van der Waals surface area contributed by atoms with Crippen molar-refractivity contribution in [3.63, 3.8) is 0 Å². The van der Waals surface area contributed by atoms with Crippen molar-refractivity contribution in [1.82, 2.24) is 5.32 Å². The molecule has 5 rings (SSSR count). The molecule has 2 nitrogen and oxygen atoms in total. The van der Waals surface area contributed by atoms with Crippen LogP contribution in [0.3, 0.4) is 0 Å². The molecular weight excluding hydrogens is 342 g/mol. The fourth-order valence-corrected chi connectivity index (χ4v) is 8.26. The van der Waals surface area contributed by atoms with Gasteiger partial charge in [0.2, 0.25) is 0 Å². The van der Waals surface area contributed by atoms with Crippen LogP contribution in [-0.4, -0.2) is 18.9 Å². The van der Waals surface area contributed by atoms with Crippen molar-refractivity contribution in [1.29, 1.82) is 0 Å². The first kappa shape index (κ1) is 19.1. The SMILES string of the molecule is C=C1CC2C[C@H](/C=C\[C@H]3CCNC3)CC[C@]2(C)[C@H]2CC[C@]3(C)C(=O)CC[C@H]3[C@H]12. The summed E-state index contributed by atoms with van der Waals surface area (Å²) in [4.78, 5) is 12.7. The van der Waals surface area contributed by atoms with Crippen molar-refractivity contribution >= 4 is 5.78 Å². The molecule has 1 N–H and O–H groups in total. The van der Waals surface area contributed by atoms with Crippen molar-refractivity contribution in [2.75, 3.05) is 13.1 Å². The Hall–Kier alpha value is -0.890. The summed E-state index contributed by atoms with van der Waals surface area (Å²) in [7, 11) is 0. The lowest BCUT2D eigenvalue weighted by atomic mass is 9.44. The number of ketones is 1. The van der Waals surface area contributed by atoms with Crippen LogP contribution in [0, 0.1) is 46.3 Å². The normalized spacial score (nSPS) is 51.2. The largest absolute Gasteiger partial charge is 0.316 e.